The molecule has 7 heteroatoms. The molecule has 0 fully saturated rings. The zero-order valence-electron chi connectivity index (χ0n) is 17.9. The lowest BCUT2D eigenvalue weighted by atomic mass is 10.00. The van der Waals surface area contributed by atoms with E-state index in [-0.39, 0.29) is 27.6 Å². The summed E-state index contributed by atoms with van der Waals surface area (Å²) in [5.41, 5.74) is 4.82. The van der Waals surface area contributed by atoms with Crippen LogP contribution in [0.25, 0.3) is 0 Å². The molecule has 0 aliphatic carbocycles. The van der Waals surface area contributed by atoms with E-state index in [0.29, 0.717) is 5.56 Å². The molecule has 3 rings (SSSR count). The Morgan fingerprint density at radius 1 is 0.903 bits per heavy atom. The molecule has 1 amide bonds. The number of amides is 1. The van der Waals surface area contributed by atoms with Crippen LogP contribution in [0.15, 0.2) is 65.6 Å². The SMILES string of the molecule is Cc1ccc(S(=O)(=O)Nc2ccc(C(=O)N[C@H](C)c3ccc(C)cc3C)cc2Cl)cc1. The maximum Gasteiger partial charge on any atom is 0.261 e. The molecule has 0 aliphatic rings. The van der Waals surface area contributed by atoms with Crippen LogP contribution < -0.4 is 10.0 Å². The van der Waals surface area contributed by atoms with Crippen molar-refractivity contribution in [2.45, 2.75) is 38.6 Å². The number of rotatable bonds is 6. The molecule has 0 aliphatic heterocycles. The number of hydrogen-bond donors (Lipinski definition) is 2. The van der Waals surface area contributed by atoms with Gasteiger partial charge in [-0.05, 0) is 69.2 Å². The molecule has 0 saturated carbocycles. The van der Waals surface area contributed by atoms with Crippen molar-refractivity contribution in [1.82, 2.24) is 5.32 Å². The number of carbonyl (C=O) groups excluding carboxylic acids is 1. The first-order chi connectivity index (χ1) is 14.6. The normalized spacial score (nSPS) is 12.3. The maximum atomic E-state index is 12.7. The Hall–Kier alpha value is -2.83. The molecular weight excluding hydrogens is 432 g/mol. The summed E-state index contributed by atoms with van der Waals surface area (Å²) in [5.74, 6) is -0.290. The number of sulfonamides is 1. The smallest absolute Gasteiger partial charge is 0.261 e. The van der Waals surface area contributed by atoms with Crippen LogP contribution in [-0.4, -0.2) is 14.3 Å². The fourth-order valence-corrected chi connectivity index (χ4v) is 4.69. The molecule has 0 spiro atoms. The van der Waals surface area contributed by atoms with Gasteiger partial charge in [-0.1, -0.05) is 53.1 Å². The highest BCUT2D eigenvalue weighted by Crippen LogP contribution is 2.27. The second-order valence-corrected chi connectivity index (χ2v) is 9.76. The Labute approximate surface area is 188 Å². The van der Waals surface area contributed by atoms with E-state index < -0.39 is 10.0 Å². The molecule has 31 heavy (non-hydrogen) atoms. The number of anilines is 1. The zero-order chi connectivity index (χ0) is 22.8. The molecule has 3 aromatic carbocycles. The molecule has 5 nitrogen and oxygen atoms in total. The molecule has 0 radical (unpaired) electrons. The average molecular weight is 457 g/mol. The highest BCUT2D eigenvalue weighted by atomic mass is 35.5. The molecule has 0 unspecified atom stereocenters. The van der Waals surface area contributed by atoms with Crippen LogP contribution in [0, 0.1) is 20.8 Å². The molecular formula is C24H25ClN2O3S. The molecule has 2 N–H and O–H groups in total. The quantitative estimate of drug-likeness (QED) is 0.510. The lowest BCUT2D eigenvalue weighted by Crippen LogP contribution is -2.27. The summed E-state index contributed by atoms with van der Waals surface area (Å²) in [6.07, 6.45) is 0. The van der Waals surface area contributed by atoms with Crippen molar-refractivity contribution in [1.29, 1.82) is 0 Å². The number of carbonyl (C=O) groups is 1. The second kappa shape index (κ2) is 9.12. The molecule has 1 atom stereocenters. The van der Waals surface area contributed by atoms with E-state index in [4.69, 9.17) is 11.6 Å². The van der Waals surface area contributed by atoms with Gasteiger partial charge < -0.3 is 5.32 Å². The van der Waals surface area contributed by atoms with Crippen LogP contribution in [0.2, 0.25) is 5.02 Å². The van der Waals surface area contributed by atoms with E-state index >= 15 is 0 Å². The van der Waals surface area contributed by atoms with Gasteiger partial charge in [0.1, 0.15) is 0 Å². The van der Waals surface area contributed by atoms with Crippen LogP contribution in [0.3, 0.4) is 0 Å². The number of benzene rings is 3. The van der Waals surface area contributed by atoms with Gasteiger partial charge in [0.2, 0.25) is 0 Å². The molecule has 0 heterocycles. The highest BCUT2D eigenvalue weighted by Gasteiger charge is 2.18. The summed E-state index contributed by atoms with van der Waals surface area (Å²) >= 11 is 6.28. The largest absolute Gasteiger partial charge is 0.346 e. The summed E-state index contributed by atoms with van der Waals surface area (Å²) in [6, 6.07) is 16.9. The Bertz CT molecular complexity index is 1220. The van der Waals surface area contributed by atoms with Gasteiger partial charge in [0.15, 0.2) is 0 Å². The minimum Gasteiger partial charge on any atom is -0.346 e. The molecule has 0 aromatic heterocycles. The summed E-state index contributed by atoms with van der Waals surface area (Å²) in [5, 5.41) is 3.10. The number of nitrogens with one attached hydrogen (secondary N) is 2. The monoisotopic (exact) mass is 456 g/mol. The first-order valence-electron chi connectivity index (χ1n) is 9.84. The maximum absolute atomic E-state index is 12.7. The first kappa shape index (κ1) is 22.8. The van der Waals surface area contributed by atoms with Crippen molar-refractivity contribution in [2.75, 3.05) is 4.72 Å². The van der Waals surface area contributed by atoms with Gasteiger partial charge in [0.05, 0.1) is 21.6 Å². The van der Waals surface area contributed by atoms with Crippen LogP contribution in [0.5, 0.6) is 0 Å². The number of aryl methyl sites for hydroxylation is 3. The van der Waals surface area contributed by atoms with Gasteiger partial charge in [0.25, 0.3) is 15.9 Å². The third-order valence-electron chi connectivity index (χ3n) is 5.05. The number of hydrogen-bond acceptors (Lipinski definition) is 3. The summed E-state index contributed by atoms with van der Waals surface area (Å²) in [7, 11) is -3.78. The second-order valence-electron chi connectivity index (χ2n) is 7.67. The van der Waals surface area contributed by atoms with Gasteiger partial charge in [0, 0.05) is 5.56 Å². The molecule has 3 aromatic rings. The van der Waals surface area contributed by atoms with Crippen molar-refractivity contribution in [2.24, 2.45) is 0 Å². The minimum atomic E-state index is -3.78. The first-order valence-corrected chi connectivity index (χ1v) is 11.7. The third kappa shape index (κ3) is 5.46. The molecule has 162 valence electrons. The lowest BCUT2D eigenvalue weighted by molar-refractivity contribution is 0.0940. The van der Waals surface area contributed by atoms with Crippen LogP contribution in [-0.2, 0) is 10.0 Å². The van der Waals surface area contributed by atoms with E-state index in [0.717, 1.165) is 22.3 Å². The number of halogens is 1. The van der Waals surface area contributed by atoms with Crippen LogP contribution in [0.1, 0.15) is 45.6 Å². The zero-order valence-corrected chi connectivity index (χ0v) is 19.4. The van der Waals surface area contributed by atoms with Crippen molar-refractivity contribution in [3.8, 4) is 0 Å². The standard InChI is InChI=1S/C24H25ClN2O3S/c1-15-5-9-20(10-6-15)31(29,30)27-23-12-8-19(14-22(23)25)24(28)26-18(4)21-11-7-16(2)13-17(21)3/h5-14,18,27H,1-4H3,(H,26,28)/t18-/m1/s1. The lowest BCUT2D eigenvalue weighted by Gasteiger charge is -2.17. The summed E-state index contributed by atoms with van der Waals surface area (Å²) in [4.78, 5) is 12.8. The fraction of sp³-hybridized carbons (Fsp3) is 0.208. The van der Waals surface area contributed by atoms with Gasteiger partial charge >= 0.3 is 0 Å². The molecule has 0 bridgehead atoms. The van der Waals surface area contributed by atoms with Crippen molar-refractivity contribution < 1.29 is 13.2 Å². The van der Waals surface area contributed by atoms with E-state index in [1.807, 2.05) is 39.8 Å². The van der Waals surface area contributed by atoms with Crippen LogP contribution in [0.4, 0.5) is 5.69 Å². The Morgan fingerprint density at radius 2 is 1.55 bits per heavy atom. The van der Waals surface area contributed by atoms with Gasteiger partial charge in [-0.3, -0.25) is 9.52 Å². The van der Waals surface area contributed by atoms with Crippen molar-refractivity contribution in [3.63, 3.8) is 0 Å². The van der Waals surface area contributed by atoms with Crippen molar-refractivity contribution in [3.05, 3.63) is 93.5 Å². The Balaban J connectivity index is 1.75. The fourth-order valence-electron chi connectivity index (χ4n) is 3.33. The molecule has 0 saturated heterocycles. The predicted molar refractivity (Wildman–Crippen MR) is 125 cm³/mol. The topological polar surface area (TPSA) is 75.3 Å². The average Bonchev–Trinajstić information content (AvgIpc) is 2.69. The van der Waals surface area contributed by atoms with E-state index in [2.05, 4.69) is 16.1 Å². The minimum absolute atomic E-state index is 0.137. The highest BCUT2D eigenvalue weighted by molar-refractivity contribution is 7.92. The Kier molecular flexibility index (Phi) is 6.72. The van der Waals surface area contributed by atoms with E-state index in [9.17, 15) is 13.2 Å². The summed E-state index contributed by atoms with van der Waals surface area (Å²) < 4.78 is 27.7. The van der Waals surface area contributed by atoms with Crippen molar-refractivity contribution >= 4 is 33.2 Å². The van der Waals surface area contributed by atoms with E-state index in [1.54, 1.807) is 18.2 Å². The predicted octanol–water partition coefficient (Wildman–Crippen LogP) is 5.56. The third-order valence-corrected chi connectivity index (χ3v) is 6.74. The summed E-state index contributed by atoms with van der Waals surface area (Å²) in [6.45, 7) is 7.83. The van der Waals surface area contributed by atoms with E-state index in [1.165, 1.54) is 24.3 Å². The van der Waals surface area contributed by atoms with Crippen LogP contribution >= 0.6 is 11.6 Å². The Morgan fingerprint density at radius 3 is 2.16 bits per heavy atom. The van der Waals surface area contributed by atoms with Gasteiger partial charge in [-0.2, -0.15) is 0 Å². The van der Waals surface area contributed by atoms with Gasteiger partial charge in [-0.15, -0.1) is 0 Å². The van der Waals surface area contributed by atoms with Gasteiger partial charge in [-0.25, -0.2) is 8.42 Å².